The van der Waals surface area contributed by atoms with E-state index in [0.29, 0.717) is 0 Å². The van der Waals surface area contributed by atoms with Gasteiger partial charge in [0.2, 0.25) is 5.91 Å². The van der Waals surface area contributed by atoms with Gasteiger partial charge in [0.15, 0.2) is 0 Å². The van der Waals surface area contributed by atoms with Crippen molar-refractivity contribution in [3.05, 3.63) is 51.2 Å². The molecule has 1 amide bonds. The van der Waals surface area contributed by atoms with Crippen molar-refractivity contribution in [1.29, 1.82) is 0 Å². The Morgan fingerprint density at radius 2 is 1.85 bits per heavy atom. The number of carbonyl (C=O) groups is 1. The molecule has 2 rings (SSSR count). The van der Waals surface area contributed by atoms with Crippen LogP contribution in [0.2, 0.25) is 0 Å². The standard InChI is InChI=1S/C19H23F3N2OS/c1-11(23-13(3)15-10-12(2)26-14(15)4)9-18(25)24-17-8-6-5-7-16(17)19(20,21)22/h5-8,10-11,13,23H,9H2,1-4H3,(H,24,25). The first kappa shape index (κ1) is 20.5. The van der Waals surface area contributed by atoms with Gasteiger partial charge in [-0.25, -0.2) is 0 Å². The summed E-state index contributed by atoms with van der Waals surface area (Å²) in [5.41, 5.74) is 0.128. The van der Waals surface area contributed by atoms with Gasteiger partial charge in [0.25, 0.3) is 0 Å². The fourth-order valence-electron chi connectivity index (χ4n) is 2.97. The minimum Gasteiger partial charge on any atom is -0.325 e. The number of thiophene rings is 1. The third kappa shape index (κ3) is 5.32. The van der Waals surface area contributed by atoms with Crippen molar-refractivity contribution in [3.8, 4) is 0 Å². The summed E-state index contributed by atoms with van der Waals surface area (Å²) >= 11 is 1.72. The number of carbonyl (C=O) groups excluding carboxylic acids is 1. The van der Waals surface area contributed by atoms with Crippen molar-refractivity contribution in [2.75, 3.05) is 5.32 Å². The average molecular weight is 384 g/mol. The molecule has 0 saturated heterocycles. The molecule has 0 bridgehead atoms. The second-order valence-electron chi connectivity index (χ2n) is 6.45. The van der Waals surface area contributed by atoms with Crippen molar-refractivity contribution >= 4 is 22.9 Å². The van der Waals surface area contributed by atoms with E-state index in [1.807, 2.05) is 20.8 Å². The Balaban J connectivity index is 1.97. The molecule has 142 valence electrons. The number of alkyl halides is 3. The van der Waals surface area contributed by atoms with Crippen LogP contribution in [-0.4, -0.2) is 11.9 Å². The summed E-state index contributed by atoms with van der Waals surface area (Å²) in [5, 5.41) is 5.72. The number of aryl methyl sites for hydroxylation is 2. The molecule has 1 aromatic heterocycles. The van der Waals surface area contributed by atoms with Crippen LogP contribution in [0.3, 0.4) is 0 Å². The van der Waals surface area contributed by atoms with E-state index >= 15 is 0 Å². The van der Waals surface area contributed by atoms with Gasteiger partial charge in [-0.1, -0.05) is 12.1 Å². The highest BCUT2D eigenvalue weighted by atomic mass is 32.1. The molecule has 0 fully saturated rings. The summed E-state index contributed by atoms with van der Waals surface area (Å²) in [6, 6.07) is 6.99. The Hall–Kier alpha value is -1.86. The summed E-state index contributed by atoms with van der Waals surface area (Å²) < 4.78 is 39.0. The van der Waals surface area contributed by atoms with Gasteiger partial charge in [-0.15, -0.1) is 11.3 Å². The molecule has 1 heterocycles. The summed E-state index contributed by atoms with van der Waals surface area (Å²) in [6.07, 6.45) is -4.42. The van der Waals surface area contributed by atoms with Gasteiger partial charge in [-0.05, 0) is 51.5 Å². The van der Waals surface area contributed by atoms with Crippen LogP contribution in [0.4, 0.5) is 18.9 Å². The zero-order valence-electron chi connectivity index (χ0n) is 15.2. The predicted molar refractivity (Wildman–Crippen MR) is 99.5 cm³/mol. The van der Waals surface area contributed by atoms with Gasteiger partial charge in [-0.2, -0.15) is 13.2 Å². The second kappa shape index (κ2) is 8.22. The van der Waals surface area contributed by atoms with Gasteiger partial charge < -0.3 is 10.6 Å². The number of nitrogens with one attached hydrogen (secondary N) is 2. The molecule has 7 heteroatoms. The maximum absolute atomic E-state index is 13.0. The van der Waals surface area contributed by atoms with E-state index in [4.69, 9.17) is 0 Å². The molecule has 2 N–H and O–H groups in total. The van der Waals surface area contributed by atoms with E-state index in [2.05, 4.69) is 23.6 Å². The number of halogens is 3. The van der Waals surface area contributed by atoms with Crippen LogP contribution >= 0.6 is 11.3 Å². The Kier molecular flexibility index (Phi) is 6.47. The maximum atomic E-state index is 13.0. The highest BCUT2D eigenvalue weighted by Crippen LogP contribution is 2.34. The normalized spacial score (nSPS) is 14.1. The van der Waals surface area contributed by atoms with Crippen LogP contribution < -0.4 is 10.6 Å². The quantitative estimate of drug-likeness (QED) is 0.695. The molecular formula is C19H23F3N2OS. The molecule has 0 spiro atoms. The molecular weight excluding hydrogens is 361 g/mol. The smallest absolute Gasteiger partial charge is 0.325 e. The summed E-state index contributed by atoms with van der Waals surface area (Å²) in [4.78, 5) is 14.6. The van der Waals surface area contributed by atoms with Crippen molar-refractivity contribution in [2.45, 2.75) is 52.4 Å². The average Bonchev–Trinajstić information content (AvgIpc) is 2.85. The van der Waals surface area contributed by atoms with E-state index in [1.165, 1.54) is 33.5 Å². The molecule has 1 aromatic carbocycles. The molecule has 3 nitrogen and oxygen atoms in total. The van der Waals surface area contributed by atoms with Crippen LogP contribution in [-0.2, 0) is 11.0 Å². The highest BCUT2D eigenvalue weighted by Gasteiger charge is 2.33. The topological polar surface area (TPSA) is 41.1 Å². The van der Waals surface area contributed by atoms with Crippen LogP contribution in [0.15, 0.2) is 30.3 Å². The molecule has 2 unspecified atom stereocenters. The number of para-hydroxylation sites is 1. The lowest BCUT2D eigenvalue weighted by Gasteiger charge is -2.20. The van der Waals surface area contributed by atoms with Crippen LogP contribution in [0, 0.1) is 13.8 Å². The van der Waals surface area contributed by atoms with E-state index in [0.717, 1.165) is 6.07 Å². The predicted octanol–water partition coefficient (Wildman–Crippen LogP) is 5.45. The second-order valence-corrected chi connectivity index (χ2v) is 7.91. The molecule has 2 aromatic rings. The van der Waals surface area contributed by atoms with Gasteiger partial charge in [0.1, 0.15) is 0 Å². The van der Waals surface area contributed by atoms with Gasteiger partial charge in [0.05, 0.1) is 11.3 Å². The molecule has 0 aliphatic carbocycles. The zero-order chi connectivity index (χ0) is 19.5. The number of anilines is 1. The SMILES string of the molecule is Cc1cc(C(C)NC(C)CC(=O)Nc2ccccc2C(F)(F)F)c(C)s1. The number of benzene rings is 1. The lowest BCUT2D eigenvalue weighted by Crippen LogP contribution is -2.33. The molecule has 26 heavy (non-hydrogen) atoms. The van der Waals surface area contributed by atoms with E-state index in [9.17, 15) is 18.0 Å². The first-order chi connectivity index (χ1) is 12.1. The molecule has 2 atom stereocenters. The summed E-state index contributed by atoms with van der Waals surface area (Å²) in [7, 11) is 0. The van der Waals surface area contributed by atoms with Crippen molar-refractivity contribution in [1.82, 2.24) is 5.32 Å². The van der Waals surface area contributed by atoms with Gasteiger partial charge >= 0.3 is 6.18 Å². The van der Waals surface area contributed by atoms with E-state index in [1.54, 1.807) is 11.3 Å². The lowest BCUT2D eigenvalue weighted by molar-refractivity contribution is -0.137. The third-order valence-corrected chi connectivity index (χ3v) is 5.06. The minimum absolute atomic E-state index is 0.0604. The van der Waals surface area contributed by atoms with Crippen LogP contribution in [0.5, 0.6) is 0 Å². The number of hydrogen-bond acceptors (Lipinski definition) is 3. The Morgan fingerprint density at radius 3 is 2.42 bits per heavy atom. The van der Waals surface area contributed by atoms with Crippen molar-refractivity contribution < 1.29 is 18.0 Å². The van der Waals surface area contributed by atoms with Crippen molar-refractivity contribution in [2.24, 2.45) is 0 Å². The largest absolute Gasteiger partial charge is 0.418 e. The van der Waals surface area contributed by atoms with E-state index < -0.39 is 17.6 Å². The Bertz CT molecular complexity index is 770. The Morgan fingerprint density at radius 1 is 1.19 bits per heavy atom. The molecule has 0 radical (unpaired) electrons. The Labute approximate surface area is 155 Å². The van der Waals surface area contributed by atoms with Gasteiger partial charge in [-0.3, -0.25) is 4.79 Å². The third-order valence-electron chi connectivity index (χ3n) is 4.08. The lowest BCUT2D eigenvalue weighted by atomic mass is 10.1. The number of hydrogen-bond donors (Lipinski definition) is 2. The number of amides is 1. The fourth-order valence-corrected chi connectivity index (χ4v) is 4.00. The zero-order valence-corrected chi connectivity index (χ0v) is 16.0. The van der Waals surface area contributed by atoms with Gasteiger partial charge in [0, 0.05) is 28.3 Å². The monoisotopic (exact) mass is 384 g/mol. The molecule has 0 saturated carbocycles. The van der Waals surface area contributed by atoms with Crippen LogP contribution in [0.25, 0.3) is 0 Å². The summed E-state index contributed by atoms with van der Waals surface area (Å²) in [6.45, 7) is 7.96. The minimum atomic E-state index is -4.50. The first-order valence-electron chi connectivity index (χ1n) is 8.37. The van der Waals surface area contributed by atoms with Crippen LogP contribution in [0.1, 0.15) is 47.2 Å². The fraction of sp³-hybridized carbons (Fsp3) is 0.421. The summed E-state index contributed by atoms with van der Waals surface area (Å²) in [5.74, 6) is -0.452. The van der Waals surface area contributed by atoms with Crippen molar-refractivity contribution in [3.63, 3.8) is 0 Å². The maximum Gasteiger partial charge on any atom is 0.418 e. The highest BCUT2D eigenvalue weighted by molar-refractivity contribution is 7.12. The van der Waals surface area contributed by atoms with E-state index in [-0.39, 0.29) is 24.2 Å². The number of rotatable bonds is 6. The molecule has 0 aliphatic rings. The first-order valence-corrected chi connectivity index (χ1v) is 9.18. The molecule has 0 aliphatic heterocycles.